The molecule has 2 heterocycles. The first kappa shape index (κ1) is 20.9. The number of ether oxygens (including phenoxy) is 2. The molecule has 160 valence electrons. The lowest BCUT2D eigenvalue weighted by Gasteiger charge is -2.33. The zero-order valence-corrected chi connectivity index (χ0v) is 18.6. The van der Waals surface area contributed by atoms with Crippen molar-refractivity contribution in [3.05, 3.63) is 52.3 Å². The Kier molecular flexibility index (Phi) is 5.65. The first-order valence-electron chi connectivity index (χ1n) is 9.86. The number of aryl methyl sites for hydroxylation is 2. The van der Waals surface area contributed by atoms with E-state index < -0.39 is 6.04 Å². The number of hydrogen-bond donors (Lipinski definition) is 1. The molecule has 4 rings (SSSR count). The lowest BCUT2D eigenvalue weighted by molar-refractivity contribution is -0.125. The number of nitrogens with zero attached hydrogens (tertiary/aromatic N) is 2. The van der Waals surface area contributed by atoms with Crippen molar-refractivity contribution in [3.63, 3.8) is 0 Å². The van der Waals surface area contributed by atoms with Crippen LogP contribution in [0.5, 0.6) is 11.5 Å². The highest BCUT2D eigenvalue weighted by molar-refractivity contribution is 7.11. The quantitative estimate of drug-likeness (QED) is 0.647. The second-order valence-electron chi connectivity index (χ2n) is 7.24. The van der Waals surface area contributed by atoms with Crippen LogP contribution in [0.4, 0.5) is 11.4 Å². The number of amides is 2. The highest BCUT2D eigenvalue weighted by Crippen LogP contribution is 2.38. The van der Waals surface area contributed by atoms with E-state index in [9.17, 15) is 9.59 Å². The van der Waals surface area contributed by atoms with Gasteiger partial charge in [-0.05, 0) is 51.1 Å². The van der Waals surface area contributed by atoms with Crippen molar-refractivity contribution >= 4 is 34.5 Å². The van der Waals surface area contributed by atoms with Gasteiger partial charge in [-0.25, -0.2) is 4.98 Å². The second kappa shape index (κ2) is 8.39. The number of hydrogen-bond acceptors (Lipinski definition) is 6. The average Bonchev–Trinajstić information content (AvgIpc) is 3.11. The predicted molar refractivity (Wildman–Crippen MR) is 121 cm³/mol. The van der Waals surface area contributed by atoms with E-state index >= 15 is 0 Å². The van der Waals surface area contributed by atoms with Gasteiger partial charge in [0.05, 0.1) is 29.2 Å². The molecule has 8 heteroatoms. The summed E-state index contributed by atoms with van der Waals surface area (Å²) in [6, 6.07) is 12.0. The SMILES string of the molecule is COc1ccccc1NC(=O)C(C)N1C(=O)COc2ccc(-c3nc(C)sc3C)cc21. The van der Waals surface area contributed by atoms with Gasteiger partial charge < -0.3 is 14.8 Å². The molecule has 1 aliphatic heterocycles. The van der Waals surface area contributed by atoms with Crippen LogP contribution in [0.15, 0.2) is 42.5 Å². The summed E-state index contributed by atoms with van der Waals surface area (Å²) in [7, 11) is 1.54. The molecule has 31 heavy (non-hydrogen) atoms. The highest BCUT2D eigenvalue weighted by atomic mass is 32.1. The monoisotopic (exact) mass is 437 g/mol. The van der Waals surface area contributed by atoms with Crippen molar-refractivity contribution in [2.24, 2.45) is 0 Å². The van der Waals surface area contributed by atoms with E-state index in [1.165, 1.54) is 4.90 Å². The molecule has 1 atom stereocenters. The minimum atomic E-state index is -0.756. The van der Waals surface area contributed by atoms with E-state index in [0.29, 0.717) is 22.9 Å². The maximum atomic E-state index is 13.0. The zero-order chi connectivity index (χ0) is 22.1. The molecule has 0 saturated carbocycles. The lowest BCUT2D eigenvalue weighted by Crippen LogP contribution is -2.49. The molecule has 2 amide bonds. The van der Waals surface area contributed by atoms with Gasteiger partial charge in [0.2, 0.25) is 5.91 Å². The molecule has 1 unspecified atom stereocenters. The van der Waals surface area contributed by atoms with Gasteiger partial charge in [-0.2, -0.15) is 0 Å². The third-order valence-corrected chi connectivity index (χ3v) is 6.03. The Morgan fingerprint density at radius 2 is 2.03 bits per heavy atom. The molecular weight excluding hydrogens is 414 g/mol. The molecule has 0 bridgehead atoms. The van der Waals surface area contributed by atoms with Crippen molar-refractivity contribution in [1.82, 2.24) is 4.98 Å². The molecule has 0 aliphatic carbocycles. The Labute approximate surface area is 184 Å². The Hall–Kier alpha value is -3.39. The van der Waals surface area contributed by atoms with Crippen LogP contribution in [-0.2, 0) is 9.59 Å². The number of para-hydroxylation sites is 2. The van der Waals surface area contributed by atoms with E-state index in [-0.39, 0.29) is 18.4 Å². The van der Waals surface area contributed by atoms with Crippen molar-refractivity contribution in [2.45, 2.75) is 26.8 Å². The zero-order valence-electron chi connectivity index (χ0n) is 17.8. The number of thiazole rings is 1. The molecule has 1 aromatic heterocycles. The van der Waals surface area contributed by atoms with E-state index in [0.717, 1.165) is 21.1 Å². The number of aromatic nitrogens is 1. The molecule has 2 aromatic carbocycles. The fourth-order valence-corrected chi connectivity index (χ4v) is 4.48. The first-order valence-corrected chi connectivity index (χ1v) is 10.7. The Morgan fingerprint density at radius 1 is 1.26 bits per heavy atom. The molecule has 0 fully saturated rings. The van der Waals surface area contributed by atoms with Crippen LogP contribution in [0.1, 0.15) is 16.8 Å². The van der Waals surface area contributed by atoms with Crippen LogP contribution in [0.3, 0.4) is 0 Å². The molecule has 1 aliphatic rings. The largest absolute Gasteiger partial charge is 0.495 e. The van der Waals surface area contributed by atoms with Gasteiger partial charge in [0.15, 0.2) is 6.61 Å². The number of benzene rings is 2. The van der Waals surface area contributed by atoms with Crippen LogP contribution in [0, 0.1) is 13.8 Å². The first-order chi connectivity index (χ1) is 14.9. The van der Waals surface area contributed by atoms with Crippen LogP contribution in [0.2, 0.25) is 0 Å². The summed E-state index contributed by atoms with van der Waals surface area (Å²) in [5, 5.41) is 3.83. The third kappa shape index (κ3) is 3.98. The smallest absolute Gasteiger partial charge is 0.265 e. The number of nitrogens with one attached hydrogen (secondary N) is 1. The van der Waals surface area contributed by atoms with Crippen molar-refractivity contribution in [3.8, 4) is 22.8 Å². The highest BCUT2D eigenvalue weighted by Gasteiger charge is 2.34. The number of carbonyl (C=O) groups is 2. The summed E-state index contributed by atoms with van der Waals surface area (Å²) in [4.78, 5) is 33.0. The number of rotatable bonds is 5. The minimum absolute atomic E-state index is 0.118. The summed E-state index contributed by atoms with van der Waals surface area (Å²) < 4.78 is 10.9. The van der Waals surface area contributed by atoms with Crippen LogP contribution in [0.25, 0.3) is 11.3 Å². The fraction of sp³-hybridized carbons (Fsp3) is 0.261. The Bertz CT molecular complexity index is 1160. The normalized spacial score (nSPS) is 13.9. The summed E-state index contributed by atoms with van der Waals surface area (Å²) in [6.07, 6.45) is 0. The van der Waals surface area contributed by atoms with Crippen LogP contribution >= 0.6 is 11.3 Å². The van der Waals surface area contributed by atoms with Gasteiger partial charge in [-0.15, -0.1) is 11.3 Å². The molecule has 1 N–H and O–H groups in total. The topological polar surface area (TPSA) is 80.8 Å². The predicted octanol–water partition coefficient (Wildman–Crippen LogP) is 4.19. The maximum absolute atomic E-state index is 13.0. The van der Waals surface area contributed by atoms with Gasteiger partial charge in [0, 0.05) is 10.4 Å². The second-order valence-corrected chi connectivity index (χ2v) is 8.65. The lowest BCUT2D eigenvalue weighted by atomic mass is 10.1. The number of carbonyl (C=O) groups excluding carboxylic acids is 2. The number of fused-ring (bicyclic) bond motifs is 1. The van der Waals surface area contributed by atoms with Gasteiger partial charge >= 0.3 is 0 Å². The van der Waals surface area contributed by atoms with Gasteiger partial charge in [0.1, 0.15) is 17.5 Å². The van der Waals surface area contributed by atoms with Crippen LogP contribution in [-0.4, -0.2) is 36.6 Å². The van der Waals surface area contributed by atoms with E-state index in [1.807, 2.05) is 44.2 Å². The van der Waals surface area contributed by atoms with Gasteiger partial charge in [0.25, 0.3) is 5.91 Å². The summed E-state index contributed by atoms with van der Waals surface area (Å²) in [6.45, 7) is 5.56. The van der Waals surface area contributed by atoms with Crippen molar-refractivity contribution in [1.29, 1.82) is 0 Å². The molecule has 0 spiro atoms. The third-order valence-electron chi connectivity index (χ3n) is 5.15. The summed E-state index contributed by atoms with van der Waals surface area (Å²) in [5.41, 5.74) is 2.85. The number of methoxy groups -OCH3 is 1. The van der Waals surface area contributed by atoms with E-state index in [4.69, 9.17) is 9.47 Å². The molecule has 0 saturated heterocycles. The number of anilines is 2. The molecular formula is C23H23N3O4S. The van der Waals surface area contributed by atoms with Gasteiger partial charge in [-0.3, -0.25) is 14.5 Å². The fourth-order valence-electron chi connectivity index (χ4n) is 3.64. The Balaban J connectivity index is 1.67. The van der Waals surface area contributed by atoms with E-state index in [1.54, 1.807) is 37.5 Å². The molecule has 0 radical (unpaired) electrons. The standard InChI is InChI=1S/C23H23N3O4S/c1-13(23(28)25-17-7-5-6-8-19(17)29-4)26-18-11-16(22-14(2)31-15(3)24-22)9-10-20(18)30-12-21(26)27/h5-11,13H,12H2,1-4H3,(H,25,28). The molecule has 7 nitrogen and oxygen atoms in total. The maximum Gasteiger partial charge on any atom is 0.265 e. The van der Waals surface area contributed by atoms with Crippen LogP contribution < -0.4 is 19.7 Å². The average molecular weight is 438 g/mol. The summed E-state index contributed by atoms with van der Waals surface area (Å²) in [5.74, 6) is 0.508. The molecule has 3 aromatic rings. The van der Waals surface area contributed by atoms with Crippen molar-refractivity contribution in [2.75, 3.05) is 23.9 Å². The minimum Gasteiger partial charge on any atom is -0.495 e. The van der Waals surface area contributed by atoms with E-state index in [2.05, 4.69) is 10.3 Å². The Morgan fingerprint density at radius 3 is 2.74 bits per heavy atom. The van der Waals surface area contributed by atoms with Gasteiger partial charge in [-0.1, -0.05) is 12.1 Å². The summed E-state index contributed by atoms with van der Waals surface area (Å²) >= 11 is 1.62. The van der Waals surface area contributed by atoms with Crippen molar-refractivity contribution < 1.29 is 19.1 Å².